The third-order valence-corrected chi connectivity index (χ3v) is 3.73. The molecule has 1 aliphatic rings. The fraction of sp³-hybridized carbons (Fsp3) is 0.533. The summed E-state index contributed by atoms with van der Waals surface area (Å²) in [5.41, 5.74) is 4.36. The van der Waals surface area contributed by atoms with E-state index >= 15 is 0 Å². The average molecular weight is 316 g/mol. The molecule has 0 spiro atoms. The number of carbonyl (C=O) groups excluding carboxylic acids is 1. The first-order chi connectivity index (χ1) is 10.2. The van der Waals surface area contributed by atoms with Crippen molar-refractivity contribution >= 4 is 11.6 Å². The quantitative estimate of drug-likeness (QED) is 0.929. The molecule has 2 N–H and O–H groups in total. The summed E-state index contributed by atoms with van der Waals surface area (Å²) in [5, 5.41) is 0. The Labute approximate surface area is 127 Å². The molecular formula is C15H19F3N2O2. The van der Waals surface area contributed by atoms with E-state index in [1.54, 1.807) is 0 Å². The van der Waals surface area contributed by atoms with Gasteiger partial charge in [-0.3, -0.25) is 4.79 Å². The number of nitrogens with two attached hydrogens (primary N) is 1. The van der Waals surface area contributed by atoms with E-state index in [1.165, 1.54) is 17.0 Å². The van der Waals surface area contributed by atoms with Gasteiger partial charge in [0.2, 0.25) is 0 Å². The lowest BCUT2D eigenvalue weighted by Crippen LogP contribution is -2.53. The van der Waals surface area contributed by atoms with Gasteiger partial charge < -0.3 is 15.4 Å². The number of alkyl halides is 3. The summed E-state index contributed by atoms with van der Waals surface area (Å²) in [6, 6.07) is 4.79. The van der Waals surface area contributed by atoms with E-state index in [1.807, 2.05) is 6.92 Å². The number of morpholine rings is 1. The number of halogens is 3. The molecule has 1 fully saturated rings. The van der Waals surface area contributed by atoms with Gasteiger partial charge in [-0.2, -0.15) is 13.2 Å². The zero-order chi connectivity index (χ0) is 16.4. The molecule has 122 valence electrons. The van der Waals surface area contributed by atoms with Gasteiger partial charge in [-0.15, -0.1) is 0 Å². The minimum Gasteiger partial charge on any atom is -0.364 e. The van der Waals surface area contributed by atoms with Crippen LogP contribution in [0, 0.1) is 0 Å². The van der Waals surface area contributed by atoms with Crippen LogP contribution in [0.4, 0.5) is 18.9 Å². The SMILES string of the molecule is CC1(CCCN)CN(c2cccc(C(F)(F)F)c2)C(=O)CO1. The number of hydrogen-bond donors (Lipinski definition) is 1. The summed E-state index contributed by atoms with van der Waals surface area (Å²) >= 11 is 0. The van der Waals surface area contributed by atoms with Gasteiger partial charge in [-0.1, -0.05) is 6.07 Å². The average Bonchev–Trinajstić information content (AvgIpc) is 2.47. The van der Waals surface area contributed by atoms with Crippen LogP contribution in [-0.2, 0) is 15.7 Å². The molecule has 1 atom stereocenters. The summed E-state index contributed by atoms with van der Waals surface area (Å²) in [6.07, 6.45) is -3.07. The number of carbonyl (C=O) groups is 1. The van der Waals surface area contributed by atoms with Crippen LogP contribution < -0.4 is 10.6 Å². The molecule has 4 nitrogen and oxygen atoms in total. The molecule has 2 rings (SSSR count). The predicted molar refractivity (Wildman–Crippen MR) is 76.4 cm³/mol. The Bertz CT molecular complexity index is 548. The fourth-order valence-corrected chi connectivity index (χ4v) is 2.49. The highest BCUT2D eigenvalue weighted by Crippen LogP contribution is 2.33. The van der Waals surface area contributed by atoms with Crippen molar-refractivity contribution in [3.05, 3.63) is 29.8 Å². The first-order valence-electron chi connectivity index (χ1n) is 7.07. The van der Waals surface area contributed by atoms with Crippen molar-refractivity contribution < 1.29 is 22.7 Å². The monoisotopic (exact) mass is 316 g/mol. The molecular weight excluding hydrogens is 297 g/mol. The lowest BCUT2D eigenvalue weighted by molar-refractivity contribution is -0.139. The summed E-state index contributed by atoms with van der Waals surface area (Å²) in [5.74, 6) is -0.343. The van der Waals surface area contributed by atoms with E-state index in [4.69, 9.17) is 10.5 Å². The summed E-state index contributed by atoms with van der Waals surface area (Å²) < 4.78 is 44.0. The van der Waals surface area contributed by atoms with Gasteiger partial charge >= 0.3 is 6.18 Å². The smallest absolute Gasteiger partial charge is 0.364 e. The van der Waals surface area contributed by atoms with Crippen LogP contribution in [0.5, 0.6) is 0 Å². The third kappa shape index (κ3) is 3.78. The molecule has 1 saturated heterocycles. The Morgan fingerprint density at radius 1 is 1.41 bits per heavy atom. The Balaban J connectivity index is 2.24. The number of benzene rings is 1. The third-order valence-electron chi connectivity index (χ3n) is 3.73. The molecule has 0 aromatic heterocycles. The van der Waals surface area contributed by atoms with Gasteiger partial charge in [0.15, 0.2) is 0 Å². The Morgan fingerprint density at radius 3 is 2.77 bits per heavy atom. The van der Waals surface area contributed by atoms with Crippen LogP contribution >= 0.6 is 0 Å². The van der Waals surface area contributed by atoms with Crippen LogP contribution in [0.3, 0.4) is 0 Å². The van der Waals surface area contributed by atoms with Crippen LogP contribution in [0.15, 0.2) is 24.3 Å². The van der Waals surface area contributed by atoms with Crippen molar-refractivity contribution in [1.29, 1.82) is 0 Å². The molecule has 1 heterocycles. The first-order valence-corrected chi connectivity index (χ1v) is 7.07. The van der Waals surface area contributed by atoms with Crippen LogP contribution in [-0.4, -0.2) is 31.2 Å². The largest absolute Gasteiger partial charge is 0.416 e. The van der Waals surface area contributed by atoms with Crippen molar-refractivity contribution in [3.8, 4) is 0 Å². The van der Waals surface area contributed by atoms with Crippen LogP contribution in [0.2, 0.25) is 0 Å². The van der Waals surface area contributed by atoms with Crippen molar-refractivity contribution in [1.82, 2.24) is 0 Å². The van der Waals surface area contributed by atoms with E-state index < -0.39 is 17.3 Å². The van der Waals surface area contributed by atoms with Crippen molar-refractivity contribution in [3.63, 3.8) is 0 Å². The molecule has 7 heteroatoms. The van der Waals surface area contributed by atoms with E-state index in [9.17, 15) is 18.0 Å². The molecule has 1 aliphatic heterocycles. The number of ether oxygens (including phenoxy) is 1. The number of rotatable bonds is 4. The second-order valence-corrected chi connectivity index (χ2v) is 5.66. The van der Waals surface area contributed by atoms with Gasteiger partial charge in [0, 0.05) is 5.69 Å². The van der Waals surface area contributed by atoms with Gasteiger partial charge in [0.25, 0.3) is 5.91 Å². The van der Waals surface area contributed by atoms with Crippen molar-refractivity contribution in [2.45, 2.75) is 31.5 Å². The van der Waals surface area contributed by atoms with E-state index in [0.29, 0.717) is 13.0 Å². The summed E-state index contributed by atoms with van der Waals surface area (Å²) in [4.78, 5) is 13.4. The summed E-state index contributed by atoms with van der Waals surface area (Å²) in [7, 11) is 0. The standard InChI is InChI=1S/C15H19F3N2O2/c1-14(6-3-7-19)10-20(13(21)9-22-14)12-5-2-4-11(8-12)15(16,17)18/h2,4-5,8H,3,6-7,9-10,19H2,1H3. The molecule has 1 aromatic rings. The zero-order valence-electron chi connectivity index (χ0n) is 12.3. The topological polar surface area (TPSA) is 55.6 Å². The highest BCUT2D eigenvalue weighted by atomic mass is 19.4. The lowest BCUT2D eigenvalue weighted by Gasteiger charge is -2.40. The fourth-order valence-electron chi connectivity index (χ4n) is 2.49. The molecule has 1 amide bonds. The summed E-state index contributed by atoms with van der Waals surface area (Å²) in [6.45, 7) is 2.41. The minimum absolute atomic E-state index is 0.142. The maximum atomic E-state index is 12.8. The Morgan fingerprint density at radius 2 is 2.14 bits per heavy atom. The van der Waals surface area contributed by atoms with E-state index in [-0.39, 0.29) is 24.7 Å². The number of amides is 1. The van der Waals surface area contributed by atoms with E-state index in [2.05, 4.69) is 0 Å². The maximum Gasteiger partial charge on any atom is 0.416 e. The predicted octanol–water partition coefficient (Wildman–Crippen LogP) is 2.57. The number of nitrogens with zero attached hydrogens (tertiary/aromatic N) is 1. The molecule has 0 bridgehead atoms. The second-order valence-electron chi connectivity index (χ2n) is 5.66. The van der Waals surface area contributed by atoms with Crippen molar-refractivity contribution in [2.24, 2.45) is 5.73 Å². The molecule has 0 aliphatic carbocycles. The molecule has 1 unspecified atom stereocenters. The van der Waals surface area contributed by atoms with Crippen molar-refractivity contribution in [2.75, 3.05) is 24.6 Å². The van der Waals surface area contributed by atoms with Gasteiger partial charge in [0.1, 0.15) is 6.61 Å². The molecule has 0 radical (unpaired) electrons. The number of anilines is 1. The normalized spacial score (nSPS) is 23.0. The van der Waals surface area contributed by atoms with Gasteiger partial charge in [0.05, 0.1) is 17.7 Å². The zero-order valence-corrected chi connectivity index (χ0v) is 12.3. The van der Waals surface area contributed by atoms with E-state index in [0.717, 1.165) is 18.6 Å². The highest BCUT2D eigenvalue weighted by Gasteiger charge is 2.37. The first kappa shape index (κ1) is 16.8. The second kappa shape index (κ2) is 6.26. The minimum atomic E-state index is -4.44. The molecule has 1 aromatic carbocycles. The van der Waals surface area contributed by atoms with Gasteiger partial charge in [-0.05, 0) is 44.5 Å². The highest BCUT2D eigenvalue weighted by molar-refractivity contribution is 5.95. The van der Waals surface area contributed by atoms with Gasteiger partial charge in [-0.25, -0.2) is 0 Å². The molecule has 22 heavy (non-hydrogen) atoms. The lowest BCUT2D eigenvalue weighted by atomic mass is 9.97. The Kier molecular flexibility index (Phi) is 4.77. The molecule has 0 saturated carbocycles. The van der Waals surface area contributed by atoms with Crippen LogP contribution in [0.25, 0.3) is 0 Å². The number of hydrogen-bond acceptors (Lipinski definition) is 3. The Hall–Kier alpha value is -1.60. The van der Waals surface area contributed by atoms with Crippen LogP contribution in [0.1, 0.15) is 25.3 Å². The maximum absolute atomic E-state index is 12.8.